The number of thiophene rings is 1. The third kappa shape index (κ3) is 3.83. The Morgan fingerprint density at radius 1 is 0.857 bits per heavy atom. The quantitative estimate of drug-likeness (QED) is 0.491. The second kappa shape index (κ2) is 7.21. The van der Waals surface area contributed by atoms with Crippen molar-refractivity contribution in [2.24, 2.45) is 0 Å². The summed E-state index contributed by atoms with van der Waals surface area (Å²) in [6, 6.07) is 16.6. The van der Waals surface area contributed by atoms with Crippen molar-refractivity contribution in [3.05, 3.63) is 71.1 Å². The molecule has 6 nitrogen and oxygen atoms in total. The number of fused-ring (bicyclic) bond motifs is 1. The molecule has 2 N–H and O–H groups in total. The molecule has 2 heterocycles. The third-order valence-corrected chi connectivity index (χ3v) is 6.78. The molecule has 0 radical (unpaired) electrons. The maximum absolute atomic E-state index is 12.7. The Bertz CT molecular complexity index is 1230. The Morgan fingerprint density at radius 3 is 2.11 bits per heavy atom. The van der Waals surface area contributed by atoms with Gasteiger partial charge in [0.1, 0.15) is 4.21 Å². The van der Waals surface area contributed by atoms with Crippen molar-refractivity contribution in [2.45, 2.75) is 18.1 Å². The lowest BCUT2D eigenvalue weighted by Crippen LogP contribution is -2.15. The van der Waals surface area contributed by atoms with Gasteiger partial charge in [0.2, 0.25) is 0 Å². The van der Waals surface area contributed by atoms with Gasteiger partial charge in [0.25, 0.3) is 10.0 Å². The van der Waals surface area contributed by atoms with Crippen LogP contribution in [0.5, 0.6) is 0 Å². The van der Waals surface area contributed by atoms with Gasteiger partial charge in [0, 0.05) is 5.69 Å². The van der Waals surface area contributed by atoms with Crippen molar-refractivity contribution >= 4 is 49.7 Å². The van der Waals surface area contributed by atoms with Gasteiger partial charge in [0.15, 0.2) is 11.6 Å². The Hall–Kier alpha value is -2.97. The Kier molecular flexibility index (Phi) is 4.74. The summed E-state index contributed by atoms with van der Waals surface area (Å²) in [6.45, 7) is 4.01. The van der Waals surface area contributed by atoms with E-state index >= 15 is 0 Å². The van der Waals surface area contributed by atoms with Crippen molar-refractivity contribution in [3.8, 4) is 0 Å². The zero-order valence-corrected chi connectivity index (χ0v) is 16.9. The monoisotopic (exact) mass is 410 g/mol. The van der Waals surface area contributed by atoms with E-state index < -0.39 is 10.0 Å². The van der Waals surface area contributed by atoms with Gasteiger partial charge < -0.3 is 5.32 Å². The van der Waals surface area contributed by atoms with Gasteiger partial charge in [-0.3, -0.25) is 4.72 Å². The number of benzene rings is 2. The highest BCUT2D eigenvalue weighted by Crippen LogP contribution is 2.28. The molecule has 0 unspecified atom stereocenters. The fraction of sp³-hybridized carbons (Fsp3) is 0.100. The van der Waals surface area contributed by atoms with Crippen molar-refractivity contribution in [1.29, 1.82) is 0 Å². The largest absolute Gasteiger partial charge is 0.337 e. The minimum absolute atomic E-state index is 0.159. The molecule has 4 aromatic rings. The first-order valence-electron chi connectivity index (χ1n) is 8.59. The van der Waals surface area contributed by atoms with Gasteiger partial charge in [-0.1, -0.05) is 24.3 Å². The van der Waals surface area contributed by atoms with E-state index in [1.807, 2.05) is 44.2 Å². The van der Waals surface area contributed by atoms with E-state index in [0.29, 0.717) is 16.9 Å². The van der Waals surface area contributed by atoms with Crippen LogP contribution in [0.2, 0.25) is 0 Å². The SMILES string of the molecule is Cc1cc(C)cc(Nc2nc3ccccc3nc2NS(=O)(=O)c2cccs2)c1. The highest BCUT2D eigenvalue weighted by atomic mass is 32.2. The lowest BCUT2D eigenvalue weighted by Gasteiger charge is -2.14. The highest BCUT2D eigenvalue weighted by molar-refractivity contribution is 7.94. The van der Waals surface area contributed by atoms with Gasteiger partial charge in [-0.25, -0.2) is 18.4 Å². The summed E-state index contributed by atoms with van der Waals surface area (Å²) in [5.74, 6) is 0.509. The van der Waals surface area contributed by atoms with Gasteiger partial charge in [-0.15, -0.1) is 11.3 Å². The Balaban J connectivity index is 1.80. The predicted molar refractivity (Wildman–Crippen MR) is 114 cm³/mol. The van der Waals surface area contributed by atoms with Crippen LogP contribution in [0.3, 0.4) is 0 Å². The maximum Gasteiger partial charge on any atom is 0.272 e. The zero-order valence-electron chi connectivity index (χ0n) is 15.3. The van der Waals surface area contributed by atoms with Crippen molar-refractivity contribution in [3.63, 3.8) is 0 Å². The number of hydrogen-bond acceptors (Lipinski definition) is 6. The number of hydrogen-bond donors (Lipinski definition) is 2. The molecule has 0 saturated heterocycles. The fourth-order valence-electron chi connectivity index (χ4n) is 2.94. The molecule has 28 heavy (non-hydrogen) atoms. The topological polar surface area (TPSA) is 84.0 Å². The smallest absolute Gasteiger partial charge is 0.272 e. The van der Waals surface area contributed by atoms with Crippen LogP contribution in [0.4, 0.5) is 17.3 Å². The molecule has 8 heteroatoms. The number of anilines is 3. The van der Waals surface area contributed by atoms with Crippen LogP contribution in [-0.2, 0) is 10.0 Å². The molecule has 2 aromatic heterocycles. The minimum atomic E-state index is -3.74. The second-order valence-corrected chi connectivity index (χ2v) is 9.31. The summed E-state index contributed by atoms with van der Waals surface area (Å²) in [5.41, 5.74) is 4.29. The summed E-state index contributed by atoms with van der Waals surface area (Å²) in [7, 11) is -3.74. The van der Waals surface area contributed by atoms with Crippen LogP contribution >= 0.6 is 11.3 Å². The number of rotatable bonds is 5. The molecule has 0 spiro atoms. The van der Waals surface area contributed by atoms with Crippen molar-refractivity contribution < 1.29 is 8.42 Å². The maximum atomic E-state index is 12.7. The molecule has 0 fully saturated rings. The van der Waals surface area contributed by atoms with E-state index in [0.717, 1.165) is 28.2 Å². The molecule has 142 valence electrons. The first-order valence-corrected chi connectivity index (χ1v) is 11.0. The number of nitrogens with zero attached hydrogens (tertiary/aromatic N) is 2. The molecule has 0 saturated carbocycles. The van der Waals surface area contributed by atoms with E-state index in [-0.39, 0.29) is 10.0 Å². The average Bonchev–Trinajstić information content (AvgIpc) is 3.17. The van der Waals surface area contributed by atoms with Gasteiger partial charge >= 0.3 is 0 Å². The van der Waals surface area contributed by atoms with E-state index in [1.165, 1.54) is 0 Å². The third-order valence-electron chi connectivity index (χ3n) is 4.05. The van der Waals surface area contributed by atoms with Crippen molar-refractivity contribution in [2.75, 3.05) is 10.0 Å². The standard InChI is InChI=1S/C20H18N4O2S2/c1-13-10-14(2)12-15(11-13)21-19-20(23-17-7-4-3-6-16(17)22-19)24-28(25,26)18-8-5-9-27-18/h3-12H,1-2H3,(H,21,22)(H,23,24). The van der Waals surface area contributed by atoms with Crippen LogP contribution in [-0.4, -0.2) is 18.4 Å². The molecule has 4 rings (SSSR count). The van der Waals surface area contributed by atoms with Gasteiger partial charge in [-0.05, 0) is 60.7 Å². The first kappa shape index (κ1) is 18.4. The number of aryl methyl sites for hydroxylation is 2. The average molecular weight is 411 g/mol. The van der Waals surface area contributed by atoms with E-state index in [1.54, 1.807) is 23.6 Å². The summed E-state index contributed by atoms with van der Waals surface area (Å²) in [4.78, 5) is 9.10. The Labute approximate surface area is 167 Å². The van der Waals surface area contributed by atoms with Crippen LogP contribution in [0.25, 0.3) is 11.0 Å². The number of sulfonamides is 1. The summed E-state index contributed by atoms with van der Waals surface area (Å²) in [6.07, 6.45) is 0. The highest BCUT2D eigenvalue weighted by Gasteiger charge is 2.20. The molecule has 0 aliphatic carbocycles. The van der Waals surface area contributed by atoms with E-state index in [4.69, 9.17) is 0 Å². The van der Waals surface area contributed by atoms with Crippen LogP contribution in [0, 0.1) is 13.8 Å². The van der Waals surface area contributed by atoms with Crippen molar-refractivity contribution in [1.82, 2.24) is 9.97 Å². The number of aromatic nitrogens is 2. The van der Waals surface area contributed by atoms with Crippen LogP contribution < -0.4 is 10.0 Å². The molecule has 0 amide bonds. The molecule has 0 bridgehead atoms. The fourth-order valence-corrected chi connectivity index (χ4v) is 4.94. The summed E-state index contributed by atoms with van der Waals surface area (Å²) < 4.78 is 28.2. The number of nitrogens with one attached hydrogen (secondary N) is 2. The predicted octanol–water partition coefficient (Wildman–Crippen LogP) is 4.85. The lowest BCUT2D eigenvalue weighted by atomic mass is 10.1. The van der Waals surface area contributed by atoms with Gasteiger partial charge in [0.05, 0.1) is 11.0 Å². The molecular formula is C20H18N4O2S2. The van der Waals surface area contributed by atoms with Crippen LogP contribution in [0.1, 0.15) is 11.1 Å². The summed E-state index contributed by atoms with van der Waals surface area (Å²) in [5, 5.41) is 4.93. The zero-order chi connectivity index (χ0) is 19.7. The number of para-hydroxylation sites is 2. The molecule has 0 aliphatic heterocycles. The summed E-state index contributed by atoms with van der Waals surface area (Å²) >= 11 is 1.15. The van der Waals surface area contributed by atoms with E-state index in [2.05, 4.69) is 26.1 Å². The minimum Gasteiger partial charge on any atom is -0.337 e. The molecule has 0 aliphatic rings. The molecule has 0 atom stereocenters. The Morgan fingerprint density at radius 2 is 1.50 bits per heavy atom. The van der Waals surface area contributed by atoms with Gasteiger partial charge in [-0.2, -0.15) is 0 Å². The normalized spacial score (nSPS) is 11.5. The molecular weight excluding hydrogens is 392 g/mol. The first-order chi connectivity index (χ1) is 13.4. The van der Waals surface area contributed by atoms with E-state index in [9.17, 15) is 8.42 Å². The molecule has 2 aromatic carbocycles. The second-order valence-electron chi connectivity index (χ2n) is 6.45. The lowest BCUT2D eigenvalue weighted by molar-refractivity contribution is 0.603. The van der Waals surface area contributed by atoms with Crippen LogP contribution in [0.15, 0.2) is 64.2 Å².